The SMILES string of the molecule is COc1cccc(C2CCCN2C(=O)C(N)C(C)C)c1. The molecule has 1 amide bonds. The van der Waals surface area contributed by atoms with Crippen LogP contribution in [0.15, 0.2) is 24.3 Å². The first-order valence-corrected chi connectivity index (χ1v) is 7.24. The van der Waals surface area contributed by atoms with Gasteiger partial charge in [-0.2, -0.15) is 0 Å². The molecule has 2 atom stereocenters. The van der Waals surface area contributed by atoms with Gasteiger partial charge in [0.15, 0.2) is 0 Å². The lowest BCUT2D eigenvalue weighted by Crippen LogP contribution is -2.46. The fourth-order valence-corrected chi connectivity index (χ4v) is 2.70. The quantitative estimate of drug-likeness (QED) is 0.918. The van der Waals surface area contributed by atoms with Crippen molar-refractivity contribution in [3.8, 4) is 5.75 Å². The molecule has 0 spiro atoms. The molecule has 20 heavy (non-hydrogen) atoms. The van der Waals surface area contributed by atoms with Crippen molar-refractivity contribution in [2.24, 2.45) is 11.7 Å². The van der Waals surface area contributed by atoms with E-state index in [1.54, 1.807) is 7.11 Å². The maximum atomic E-state index is 12.5. The summed E-state index contributed by atoms with van der Waals surface area (Å²) in [7, 11) is 1.66. The summed E-state index contributed by atoms with van der Waals surface area (Å²) in [4.78, 5) is 14.4. The monoisotopic (exact) mass is 276 g/mol. The molecule has 4 heteroatoms. The Balaban J connectivity index is 2.20. The fraction of sp³-hybridized carbons (Fsp3) is 0.562. The van der Waals surface area contributed by atoms with E-state index < -0.39 is 6.04 Å². The Morgan fingerprint density at radius 3 is 2.85 bits per heavy atom. The Labute approximate surface area is 120 Å². The number of methoxy groups -OCH3 is 1. The zero-order valence-electron chi connectivity index (χ0n) is 12.5. The highest BCUT2D eigenvalue weighted by Gasteiger charge is 2.33. The van der Waals surface area contributed by atoms with E-state index in [9.17, 15) is 4.79 Å². The maximum absolute atomic E-state index is 12.5. The summed E-state index contributed by atoms with van der Waals surface area (Å²) in [6.07, 6.45) is 2.02. The lowest BCUT2D eigenvalue weighted by atomic mass is 10.0. The molecule has 1 fully saturated rings. The Hall–Kier alpha value is -1.55. The van der Waals surface area contributed by atoms with Gasteiger partial charge in [-0.3, -0.25) is 4.79 Å². The molecule has 1 aromatic carbocycles. The third-order valence-corrected chi connectivity index (χ3v) is 4.02. The van der Waals surface area contributed by atoms with Gasteiger partial charge in [-0.1, -0.05) is 26.0 Å². The first-order valence-electron chi connectivity index (χ1n) is 7.24. The van der Waals surface area contributed by atoms with Crippen LogP contribution in [0.5, 0.6) is 5.75 Å². The molecule has 2 rings (SSSR count). The minimum atomic E-state index is -0.416. The van der Waals surface area contributed by atoms with Gasteiger partial charge in [0.25, 0.3) is 0 Å². The maximum Gasteiger partial charge on any atom is 0.240 e. The Morgan fingerprint density at radius 2 is 2.20 bits per heavy atom. The number of nitrogens with zero attached hydrogens (tertiary/aromatic N) is 1. The summed E-state index contributed by atoms with van der Waals surface area (Å²) in [6.45, 7) is 4.76. The van der Waals surface area contributed by atoms with Gasteiger partial charge in [-0.15, -0.1) is 0 Å². The van der Waals surface area contributed by atoms with E-state index in [-0.39, 0.29) is 17.9 Å². The van der Waals surface area contributed by atoms with E-state index in [1.807, 2.05) is 36.9 Å². The van der Waals surface area contributed by atoms with Crippen LogP contribution in [-0.2, 0) is 4.79 Å². The number of carbonyl (C=O) groups excluding carboxylic acids is 1. The normalized spacial score (nSPS) is 20.2. The number of carbonyl (C=O) groups is 1. The Bertz CT molecular complexity index is 473. The molecular weight excluding hydrogens is 252 g/mol. The van der Waals surface area contributed by atoms with E-state index in [0.29, 0.717) is 0 Å². The van der Waals surface area contributed by atoms with Gasteiger partial charge in [-0.05, 0) is 36.5 Å². The van der Waals surface area contributed by atoms with Crippen molar-refractivity contribution in [3.05, 3.63) is 29.8 Å². The second kappa shape index (κ2) is 6.27. The van der Waals surface area contributed by atoms with Gasteiger partial charge < -0.3 is 15.4 Å². The van der Waals surface area contributed by atoms with Crippen molar-refractivity contribution in [2.75, 3.05) is 13.7 Å². The number of nitrogens with two attached hydrogens (primary N) is 1. The summed E-state index contributed by atoms with van der Waals surface area (Å²) >= 11 is 0. The molecule has 1 aliphatic rings. The predicted molar refractivity (Wildman–Crippen MR) is 79.5 cm³/mol. The van der Waals surface area contributed by atoms with Gasteiger partial charge in [-0.25, -0.2) is 0 Å². The van der Waals surface area contributed by atoms with Crippen LogP contribution in [0.2, 0.25) is 0 Å². The average molecular weight is 276 g/mol. The Kier molecular flexibility index (Phi) is 4.65. The second-order valence-electron chi connectivity index (χ2n) is 5.74. The summed E-state index contributed by atoms with van der Waals surface area (Å²) < 4.78 is 5.27. The number of ether oxygens (including phenoxy) is 1. The van der Waals surface area contributed by atoms with Crippen LogP contribution in [0.1, 0.15) is 38.3 Å². The number of rotatable bonds is 4. The van der Waals surface area contributed by atoms with Crippen LogP contribution < -0.4 is 10.5 Å². The van der Waals surface area contributed by atoms with Crippen LogP contribution >= 0.6 is 0 Å². The zero-order valence-corrected chi connectivity index (χ0v) is 12.5. The first-order chi connectivity index (χ1) is 9.54. The van der Waals surface area contributed by atoms with Crippen LogP contribution in [0.25, 0.3) is 0 Å². The molecule has 2 unspecified atom stereocenters. The summed E-state index contributed by atoms with van der Waals surface area (Å²) in [5.74, 6) is 1.05. The zero-order chi connectivity index (χ0) is 14.7. The number of hydrogen-bond donors (Lipinski definition) is 1. The van der Waals surface area contributed by atoms with E-state index in [1.165, 1.54) is 0 Å². The number of likely N-dealkylation sites (tertiary alicyclic amines) is 1. The minimum absolute atomic E-state index is 0.0605. The highest BCUT2D eigenvalue weighted by Crippen LogP contribution is 2.34. The number of amides is 1. The van der Waals surface area contributed by atoms with E-state index in [0.717, 1.165) is 30.7 Å². The van der Waals surface area contributed by atoms with E-state index in [2.05, 4.69) is 6.07 Å². The van der Waals surface area contributed by atoms with Gasteiger partial charge in [0, 0.05) is 6.54 Å². The fourth-order valence-electron chi connectivity index (χ4n) is 2.70. The third-order valence-electron chi connectivity index (χ3n) is 4.02. The predicted octanol–water partition coefficient (Wildman–Crippen LogP) is 2.34. The van der Waals surface area contributed by atoms with Gasteiger partial charge >= 0.3 is 0 Å². The van der Waals surface area contributed by atoms with Crippen molar-refractivity contribution >= 4 is 5.91 Å². The smallest absolute Gasteiger partial charge is 0.240 e. The summed E-state index contributed by atoms with van der Waals surface area (Å²) in [5, 5.41) is 0. The molecule has 1 aliphatic heterocycles. The molecule has 4 nitrogen and oxygen atoms in total. The summed E-state index contributed by atoms with van der Waals surface area (Å²) in [6, 6.07) is 7.67. The van der Waals surface area contributed by atoms with Crippen LogP contribution in [0, 0.1) is 5.92 Å². The molecule has 110 valence electrons. The van der Waals surface area contributed by atoms with Crippen molar-refractivity contribution in [1.29, 1.82) is 0 Å². The largest absolute Gasteiger partial charge is 0.497 e. The number of hydrogen-bond acceptors (Lipinski definition) is 3. The molecule has 1 aromatic rings. The molecule has 0 saturated carbocycles. The van der Waals surface area contributed by atoms with Crippen molar-refractivity contribution in [3.63, 3.8) is 0 Å². The van der Waals surface area contributed by atoms with Crippen LogP contribution in [0.4, 0.5) is 0 Å². The van der Waals surface area contributed by atoms with E-state index >= 15 is 0 Å². The molecule has 0 radical (unpaired) electrons. The molecule has 2 N–H and O–H groups in total. The minimum Gasteiger partial charge on any atom is -0.497 e. The molecule has 1 heterocycles. The molecular formula is C16H24N2O2. The first kappa shape index (κ1) is 14.9. The average Bonchev–Trinajstić information content (AvgIpc) is 2.95. The molecule has 0 aliphatic carbocycles. The molecule has 0 aromatic heterocycles. The van der Waals surface area contributed by atoms with Crippen molar-refractivity contribution in [2.45, 2.75) is 38.8 Å². The van der Waals surface area contributed by atoms with Crippen molar-refractivity contribution in [1.82, 2.24) is 4.90 Å². The van der Waals surface area contributed by atoms with E-state index in [4.69, 9.17) is 10.5 Å². The molecule has 1 saturated heterocycles. The third kappa shape index (κ3) is 2.96. The Morgan fingerprint density at radius 1 is 1.45 bits per heavy atom. The standard InChI is InChI=1S/C16H24N2O2/c1-11(2)15(17)16(19)18-9-5-8-14(18)12-6-4-7-13(10-12)20-3/h4,6-7,10-11,14-15H,5,8-9,17H2,1-3H3. The lowest BCUT2D eigenvalue weighted by molar-refractivity contribution is -0.134. The second-order valence-corrected chi connectivity index (χ2v) is 5.74. The molecule has 0 bridgehead atoms. The van der Waals surface area contributed by atoms with Gasteiger partial charge in [0.2, 0.25) is 5.91 Å². The highest BCUT2D eigenvalue weighted by molar-refractivity contribution is 5.82. The van der Waals surface area contributed by atoms with Crippen LogP contribution in [0.3, 0.4) is 0 Å². The summed E-state index contributed by atoms with van der Waals surface area (Å²) in [5.41, 5.74) is 7.15. The lowest BCUT2D eigenvalue weighted by Gasteiger charge is -2.29. The highest BCUT2D eigenvalue weighted by atomic mass is 16.5. The van der Waals surface area contributed by atoms with Gasteiger partial charge in [0.1, 0.15) is 5.75 Å². The van der Waals surface area contributed by atoms with Gasteiger partial charge in [0.05, 0.1) is 19.2 Å². The number of benzene rings is 1. The van der Waals surface area contributed by atoms with Crippen molar-refractivity contribution < 1.29 is 9.53 Å². The topological polar surface area (TPSA) is 55.6 Å². The van der Waals surface area contributed by atoms with Crippen LogP contribution in [-0.4, -0.2) is 30.5 Å².